The Balaban J connectivity index is 1.95. The van der Waals surface area contributed by atoms with Crippen LogP contribution in [0.15, 0.2) is 6.07 Å². The second-order valence-electron chi connectivity index (χ2n) is 6.76. The average molecular weight is 338 g/mol. The van der Waals surface area contributed by atoms with E-state index < -0.39 is 0 Å². The van der Waals surface area contributed by atoms with E-state index in [4.69, 9.17) is 14.2 Å². The molecule has 1 aromatic carbocycles. The normalized spacial score (nSPS) is 26.6. The first-order chi connectivity index (χ1) is 11.7. The summed E-state index contributed by atoms with van der Waals surface area (Å²) in [6, 6.07) is 2.68. The quantitative estimate of drug-likeness (QED) is 0.563. The molecule has 0 bridgehead atoms. The van der Waals surface area contributed by atoms with Crippen LogP contribution >= 0.6 is 0 Å². The summed E-state index contributed by atoms with van der Waals surface area (Å²) < 4.78 is 16.9. The van der Waals surface area contributed by atoms with E-state index in [1.165, 1.54) is 43.9 Å². The lowest BCUT2D eigenvalue weighted by Gasteiger charge is -2.36. The van der Waals surface area contributed by atoms with Gasteiger partial charge in [0.1, 0.15) is 39.3 Å². The number of nitrogens with two attached hydrogens (primary N) is 1. The Kier molecular flexibility index (Phi) is 5.48. The molecule has 3 rings (SSSR count). The summed E-state index contributed by atoms with van der Waals surface area (Å²) in [6.45, 7) is 10.6. The predicted octanol–water partition coefficient (Wildman–Crippen LogP) is -2.37. The third-order valence-electron chi connectivity index (χ3n) is 5.69. The SMILES string of the molecule is CC[NH+]1CC[NH+]([C@@H]2C[NH2+]Cc3c2cc(OC)c(OC)c3OC)CC1. The molecule has 1 atom stereocenters. The minimum atomic E-state index is 0.501. The smallest absolute Gasteiger partial charge is 0.203 e. The van der Waals surface area contributed by atoms with Gasteiger partial charge >= 0.3 is 0 Å². The van der Waals surface area contributed by atoms with Crippen LogP contribution in [-0.2, 0) is 6.54 Å². The summed E-state index contributed by atoms with van der Waals surface area (Å²) in [4.78, 5) is 3.42. The zero-order valence-electron chi connectivity index (χ0n) is 15.4. The van der Waals surface area contributed by atoms with Gasteiger partial charge in [-0.3, -0.25) is 0 Å². The molecule has 6 heteroatoms. The number of fused-ring (bicyclic) bond motifs is 1. The lowest BCUT2D eigenvalue weighted by atomic mass is 9.93. The molecule has 24 heavy (non-hydrogen) atoms. The maximum absolute atomic E-state index is 5.71. The Morgan fingerprint density at radius 2 is 1.75 bits per heavy atom. The first kappa shape index (κ1) is 17.3. The fourth-order valence-electron chi connectivity index (χ4n) is 4.29. The van der Waals surface area contributed by atoms with Crippen LogP contribution in [0.4, 0.5) is 0 Å². The van der Waals surface area contributed by atoms with Gasteiger partial charge in [0.15, 0.2) is 17.5 Å². The highest BCUT2D eigenvalue weighted by Gasteiger charge is 2.38. The van der Waals surface area contributed by atoms with Gasteiger partial charge < -0.3 is 29.3 Å². The van der Waals surface area contributed by atoms with Gasteiger partial charge in [0.05, 0.1) is 33.4 Å². The number of methoxy groups -OCH3 is 3. The highest BCUT2D eigenvalue weighted by molar-refractivity contribution is 5.59. The second-order valence-corrected chi connectivity index (χ2v) is 6.76. The van der Waals surface area contributed by atoms with E-state index in [2.05, 4.69) is 18.3 Å². The van der Waals surface area contributed by atoms with Crippen molar-refractivity contribution in [2.45, 2.75) is 19.5 Å². The van der Waals surface area contributed by atoms with Crippen molar-refractivity contribution in [3.8, 4) is 17.2 Å². The fraction of sp³-hybridized carbons (Fsp3) is 0.667. The molecule has 2 aliphatic heterocycles. The van der Waals surface area contributed by atoms with Crippen LogP contribution in [-0.4, -0.2) is 60.6 Å². The lowest BCUT2D eigenvalue weighted by molar-refractivity contribution is -1.03. The van der Waals surface area contributed by atoms with Gasteiger partial charge in [-0.05, 0) is 13.0 Å². The average Bonchev–Trinajstić information content (AvgIpc) is 2.65. The van der Waals surface area contributed by atoms with Crippen LogP contribution in [0.3, 0.4) is 0 Å². The summed E-state index contributed by atoms with van der Waals surface area (Å²) in [5, 5.41) is 2.40. The molecule has 0 radical (unpaired) electrons. The summed E-state index contributed by atoms with van der Waals surface area (Å²) in [5.41, 5.74) is 2.64. The highest BCUT2D eigenvalue weighted by atomic mass is 16.5. The van der Waals surface area contributed by atoms with Crippen molar-refractivity contribution in [3.63, 3.8) is 0 Å². The van der Waals surface area contributed by atoms with Crippen LogP contribution in [0.5, 0.6) is 17.2 Å². The minimum Gasteiger partial charge on any atom is -0.493 e. The van der Waals surface area contributed by atoms with Crippen molar-refractivity contribution in [1.29, 1.82) is 0 Å². The Morgan fingerprint density at radius 3 is 2.33 bits per heavy atom. The van der Waals surface area contributed by atoms with Crippen molar-refractivity contribution in [1.82, 2.24) is 0 Å². The van der Waals surface area contributed by atoms with Crippen LogP contribution in [0.2, 0.25) is 0 Å². The second kappa shape index (κ2) is 7.59. The number of quaternary nitrogens is 3. The number of hydrogen-bond acceptors (Lipinski definition) is 3. The van der Waals surface area contributed by atoms with Crippen molar-refractivity contribution in [2.75, 3.05) is 60.6 Å². The Morgan fingerprint density at radius 1 is 1.04 bits per heavy atom. The maximum Gasteiger partial charge on any atom is 0.203 e. The largest absolute Gasteiger partial charge is 0.493 e. The summed E-state index contributed by atoms with van der Waals surface area (Å²) in [7, 11) is 5.09. The molecule has 6 nitrogen and oxygen atoms in total. The molecule has 0 spiro atoms. The third-order valence-corrected chi connectivity index (χ3v) is 5.69. The molecule has 1 saturated heterocycles. The van der Waals surface area contributed by atoms with Crippen molar-refractivity contribution < 1.29 is 29.3 Å². The van der Waals surface area contributed by atoms with Crippen molar-refractivity contribution >= 4 is 0 Å². The van der Waals surface area contributed by atoms with Crippen molar-refractivity contribution in [3.05, 3.63) is 17.2 Å². The predicted molar refractivity (Wildman–Crippen MR) is 91.3 cm³/mol. The van der Waals surface area contributed by atoms with E-state index >= 15 is 0 Å². The van der Waals surface area contributed by atoms with Gasteiger partial charge in [0, 0.05) is 5.56 Å². The van der Waals surface area contributed by atoms with E-state index in [0.29, 0.717) is 11.8 Å². The standard InChI is InChI=1S/C18H29N3O3/c1-5-20-6-8-21(9-7-20)15-12-19-11-14-13(15)10-16(22-2)18(24-4)17(14)23-3/h10,15,19H,5-9,11-12H2,1-4H3/p+3/t15-/m1/s1. The molecule has 134 valence electrons. The van der Waals surface area contributed by atoms with E-state index in [9.17, 15) is 0 Å². The van der Waals surface area contributed by atoms with E-state index in [-0.39, 0.29) is 0 Å². The zero-order valence-corrected chi connectivity index (χ0v) is 15.4. The van der Waals surface area contributed by atoms with Crippen LogP contribution < -0.4 is 29.3 Å². The topological polar surface area (TPSA) is 53.2 Å². The van der Waals surface area contributed by atoms with Crippen LogP contribution in [0.1, 0.15) is 24.1 Å². The number of ether oxygens (including phenoxy) is 3. The first-order valence-corrected chi connectivity index (χ1v) is 9.04. The molecule has 0 amide bonds. The van der Waals surface area contributed by atoms with Gasteiger partial charge in [0.25, 0.3) is 0 Å². The molecular weight excluding hydrogens is 306 g/mol. The van der Waals surface area contributed by atoms with Crippen LogP contribution in [0, 0.1) is 0 Å². The van der Waals surface area contributed by atoms with E-state index in [1.807, 2.05) is 0 Å². The molecule has 0 aromatic heterocycles. The maximum atomic E-state index is 5.71. The molecule has 2 heterocycles. The number of nitrogens with one attached hydrogen (secondary N) is 2. The molecule has 4 N–H and O–H groups in total. The molecule has 0 aliphatic carbocycles. The van der Waals surface area contributed by atoms with E-state index in [1.54, 1.807) is 31.1 Å². The summed E-state index contributed by atoms with van der Waals surface area (Å²) >= 11 is 0. The molecule has 0 unspecified atom stereocenters. The lowest BCUT2D eigenvalue weighted by Crippen LogP contribution is -3.28. The minimum absolute atomic E-state index is 0.501. The van der Waals surface area contributed by atoms with Crippen molar-refractivity contribution in [2.24, 2.45) is 0 Å². The Labute approximate surface area is 144 Å². The highest BCUT2D eigenvalue weighted by Crippen LogP contribution is 2.43. The molecule has 0 saturated carbocycles. The zero-order chi connectivity index (χ0) is 17.1. The number of rotatable bonds is 5. The summed E-state index contributed by atoms with van der Waals surface area (Å²) in [5.74, 6) is 2.32. The van der Waals surface area contributed by atoms with Gasteiger partial charge in [-0.2, -0.15) is 0 Å². The van der Waals surface area contributed by atoms with Crippen LogP contribution in [0.25, 0.3) is 0 Å². The Bertz CT molecular complexity index is 571. The molecule has 2 aliphatic rings. The summed E-state index contributed by atoms with van der Waals surface area (Å²) in [6.07, 6.45) is 0. The fourth-order valence-corrected chi connectivity index (χ4v) is 4.29. The van der Waals surface area contributed by atoms with Gasteiger partial charge in [-0.15, -0.1) is 0 Å². The van der Waals surface area contributed by atoms with Gasteiger partial charge in [0.2, 0.25) is 5.75 Å². The Hall–Kier alpha value is -1.50. The van der Waals surface area contributed by atoms with Gasteiger partial charge in [-0.1, -0.05) is 0 Å². The van der Waals surface area contributed by atoms with Gasteiger partial charge in [-0.25, -0.2) is 0 Å². The third kappa shape index (κ3) is 3.06. The first-order valence-electron chi connectivity index (χ1n) is 9.04. The molecular formula is C18H32N3O3+3. The number of hydrogen-bond donors (Lipinski definition) is 3. The molecule has 1 fully saturated rings. The monoisotopic (exact) mass is 338 g/mol. The number of likely N-dealkylation sites (N-methyl/N-ethyl adjacent to an activating group) is 1. The number of benzene rings is 1. The van der Waals surface area contributed by atoms with E-state index in [0.717, 1.165) is 24.6 Å². The number of piperazine rings is 1. The molecule has 1 aromatic rings.